The molecule has 0 spiro atoms. The first kappa shape index (κ1) is 59.8. The molecule has 24 heteroatoms. The Labute approximate surface area is 532 Å². The minimum atomic E-state index is -0.780. The Morgan fingerprint density at radius 1 is 0.277 bits per heavy atom. The van der Waals surface area contributed by atoms with Gasteiger partial charge in [-0.2, -0.15) is 0 Å². The lowest BCUT2D eigenvalue weighted by Gasteiger charge is -2.37. The zero-order valence-corrected chi connectivity index (χ0v) is 51.7. The van der Waals surface area contributed by atoms with Crippen LogP contribution in [-0.4, -0.2) is 132 Å². The SMILES string of the molecule is Cc1c(C)c(N2C(=O)c3ccc4c5c(ccc(c35)C2=O)C(=O)N(c2c(C)c(C)c(N3C(=O)c5ccc6c7c(ccc(c57)C3=O)C(=O)N(CCNC(=O)CN)C6=O)c(C)c2C)C4=O)c(C)c(C)c1N1C(=O)c2ccc3c4c(ccc(c24)C1=O)C(=O)N(CCNC(=O)CN)C3=O. The van der Waals surface area contributed by atoms with E-state index in [4.69, 9.17) is 11.5 Å². The zero-order valence-electron chi connectivity index (χ0n) is 51.7. The summed E-state index contributed by atoms with van der Waals surface area (Å²) >= 11 is 0. The largest absolute Gasteiger partial charge is 0.353 e. The van der Waals surface area contributed by atoms with Gasteiger partial charge in [-0.1, -0.05) is 0 Å². The maximum Gasteiger partial charge on any atom is 0.266 e. The minimum absolute atomic E-state index is 0.00512. The molecule has 0 saturated heterocycles. The van der Waals surface area contributed by atoms with E-state index in [-0.39, 0.29) is 161 Å². The van der Waals surface area contributed by atoms with Crippen LogP contribution >= 0.6 is 0 Å². The topological polar surface area (TPSA) is 335 Å². The third-order valence-electron chi connectivity index (χ3n) is 19.5. The average molecular weight is 1260 g/mol. The van der Waals surface area contributed by atoms with Crippen molar-refractivity contribution in [2.45, 2.75) is 55.4 Å². The highest BCUT2D eigenvalue weighted by Gasteiger charge is 2.47. The number of hydrogen-bond acceptors (Lipinski definition) is 16. The molecule has 94 heavy (non-hydrogen) atoms. The number of benzene rings is 8. The highest BCUT2D eigenvalue weighted by molar-refractivity contribution is 6.45. The fourth-order valence-corrected chi connectivity index (χ4v) is 14.6. The Morgan fingerprint density at radius 2 is 0.426 bits per heavy atom. The van der Waals surface area contributed by atoms with Crippen LogP contribution in [0.5, 0.6) is 0 Å². The van der Waals surface area contributed by atoms with E-state index >= 15 is 19.2 Å². The summed E-state index contributed by atoms with van der Waals surface area (Å²) in [5.41, 5.74) is 15.0. The monoisotopic (exact) mass is 1260 g/mol. The second kappa shape index (κ2) is 20.9. The first-order chi connectivity index (χ1) is 44.8. The maximum atomic E-state index is 15.2. The maximum absolute atomic E-state index is 15.2. The van der Waals surface area contributed by atoms with Crippen molar-refractivity contribution in [2.75, 3.05) is 58.9 Å². The fourth-order valence-electron chi connectivity index (χ4n) is 14.6. The lowest BCUT2D eigenvalue weighted by atomic mass is 9.83. The quantitative estimate of drug-likeness (QED) is 0.0995. The van der Waals surface area contributed by atoms with Gasteiger partial charge in [0.1, 0.15) is 0 Å². The molecule has 6 aliphatic heterocycles. The molecule has 0 unspecified atom stereocenters. The minimum Gasteiger partial charge on any atom is -0.353 e. The summed E-state index contributed by atoms with van der Waals surface area (Å²) in [4.78, 5) is 205. The third kappa shape index (κ3) is 7.79. The van der Waals surface area contributed by atoms with Crippen molar-refractivity contribution in [3.05, 3.63) is 184 Å². The molecule has 14 rings (SSSR count). The molecule has 0 fully saturated rings. The first-order valence-corrected chi connectivity index (χ1v) is 30.0. The summed E-state index contributed by atoms with van der Waals surface area (Å²) < 4.78 is 0. The Kier molecular flexibility index (Phi) is 13.3. The second-order valence-corrected chi connectivity index (χ2v) is 24.0. The van der Waals surface area contributed by atoms with Crippen molar-refractivity contribution in [1.82, 2.24) is 20.4 Å². The van der Waals surface area contributed by atoms with E-state index in [1.54, 1.807) is 55.4 Å². The number of hydrogen-bond donors (Lipinski definition) is 4. The van der Waals surface area contributed by atoms with Crippen molar-refractivity contribution >= 4 is 138 Å². The van der Waals surface area contributed by atoms with E-state index in [2.05, 4.69) is 10.6 Å². The van der Waals surface area contributed by atoms with Gasteiger partial charge < -0.3 is 22.1 Å². The van der Waals surface area contributed by atoms with Crippen LogP contribution in [-0.2, 0) is 9.59 Å². The van der Waals surface area contributed by atoms with Crippen LogP contribution in [0, 0.1) is 55.4 Å². The summed E-state index contributed by atoms with van der Waals surface area (Å²) in [5, 5.41) is 5.80. The molecule has 6 N–H and O–H groups in total. The molecule has 8 aromatic carbocycles. The Hall–Kier alpha value is -11.8. The zero-order chi connectivity index (χ0) is 67.0. The number of imide groups is 6. The van der Waals surface area contributed by atoms with Gasteiger partial charge in [-0.05, 0) is 173 Å². The smallest absolute Gasteiger partial charge is 0.266 e. The van der Waals surface area contributed by atoms with Crippen molar-refractivity contribution in [2.24, 2.45) is 11.5 Å². The predicted molar refractivity (Wildman–Crippen MR) is 342 cm³/mol. The Bertz CT molecular complexity index is 4630. The highest BCUT2D eigenvalue weighted by Crippen LogP contribution is 2.49. The van der Waals surface area contributed by atoms with E-state index in [1.165, 1.54) is 72.8 Å². The van der Waals surface area contributed by atoms with Gasteiger partial charge in [-0.25, -0.2) is 19.6 Å². The number of nitrogens with two attached hydrogens (primary N) is 2. The summed E-state index contributed by atoms with van der Waals surface area (Å²) in [5.74, 6) is -9.79. The molecular formula is C70H54N10O14. The number of carbonyl (C=O) groups is 14. The number of anilines is 4. The van der Waals surface area contributed by atoms with Crippen LogP contribution in [0.4, 0.5) is 22.7 Å². The highest BCUT2D eigenvalue weighted by atomic mass is 16.2. The molecule has 6 aliphatic rings. The van der Waals surface area contributed by atoms with Gasteiger partial charge in [0.2, 0.25) is 11.8 Å². The number of nitrogens with one attached hydrogen (secondary N) is 2. The molecular weight excluding hydrogens is 1200 g/mol. The van der Waals surface area contributed by atoms with Gasteiger partial charge in [0, 0.05) is 125 Å². The standard InChI is InChI=1S/C70H54N10O14/c1-27-31(5)57(32(6)28(2)55(27)77-63(87)39-13-9-35-49-36(10-14-40(51(39)49)64(77)88)60(84)75(59(35)83)23-21-73-47(81)25-71)79-67(91)43-17-19-45-54-46(20-18-44(53(43)54)68(79)92)70(94)80(69(45)93)58-33(7)29(3)56(30(4)34(58)8)78-65(89)41-15-11-37-50-38(12-16-42(52(41)50)66(78)90)62(86)76(61(37)85)24-22-74-48(82)26-72/h9-20H,21-26,71-72H2,1-8H3,(H,73,81)(H,74,82). The first-order valence-electron chi connectivity index (χ1n) is 30.0. The van der Waals surface area contributed by atoms with Crippen LogP contribution in [0.15, 0.2) is 72.8 Å². The Morgan fingerprint density at radius 3 is 0.574 bits per heavy atom. The summed E-state index contributed by atoms with van der Waals surface area (Å²) in [7, 11) is 0. The average Bonchev–Trinajstić information content (AvgIpc) is 0.711. The second-order valence-electron chi connectivity index (χ2n) is 24.0. The molecule has 0 atom stereocenters. The molecule has 14 amide bonds. The summed E-state index contributed by atoms with van der Waals surface area (Å²) in [6.07, 6.45) is 0. The predicted octanol–water partition coefficient (Wildman–Crippen LogP) is 6.16. The van der Waals surface area contributed by atoms with E-state index in [0.717, 1.165) is 29.4 Å². The van der Waals surface area contributed by atoms with E-state index in [0.29, 0.717) is 44.5 Å². The van der Waals surface area contributed by atoms with Crippen LogP contribution in [0.2, 0.25) is 0 Å². The van der Waals surface area contributed by atoms with Crippen LogP contribution in [0.1, 0.15) is 169 Å². The van der Waals surface area contributed by atoms with Gasteiger partial charge in [0.05, 0.1) is 35.8 Å². The van der Waals surface area contributed by atoms with Crippen molar-refractivity contribution in [3.8, 4) is 0 Å². The Balaban J connectivity index is 0.769. The molecule has 24 nitrogen and oxygen atoms in total. The molecule has 0 radical (unpaired) electrons. The molecule has 8 aromatic rings. The number of rotatable bonds is 12. The number of amides is 14. The van der Waals surface area contributed by atoms with Gasteiger partial charge in [-0.3, -0.25) is 76.9 Å². The summed E-state index contributed by atoms with van der Waals surface area (Å²) in [6.45, 7) is 12.2. The summed E-state index contributed by atoms with van der Waals surface area (Å²) in [6, 6.07) is 17.1. The van der Waals surface area contributed by atoms with Gasteiger partial charge in [-0.15, -0.1) is 0 Å². The third-order valence-corrected chi connectivity index (χ3v) is 19.5. The molecule has 0 bridgehead atoms. The van der Waals surface area contributed by atoms with E-state index < -0.39 is 82.7 Å². The number of carbonyl (C=O) groups excluding carboxylic acids is 14. The molecule has 0 saturated carbocycles. The molecule has 468 valence electrons. The van der Waals surface area contributed by atoms with Crippen LogP contribution in [0.25, 0.3) is 32.3 Å². The molecule has 0 aromatic heterocycles. The van der Waals surface area contributed by atoms with Gasteiger partial charge in [0.15, 0.2) is 0 Å². The normalized spacial score (nSPS) is 15.6. The molecule has 0 aliphatic carbocycles. The van der Waals surface area contributed by atoms with Crippen LogP contribution in [0.3, 0.4) is 0 Å². The van der Waals surface area contributed by atoms with Gasteiger partial charge in [0.25, 0.3) is 70.9 Å². The van der Waals surface area contributed by atoms with Crippen molar-refractivity contribution < 1.29 is 67.1 Å². The van der Waals surface area contributed by atoms with Gasteiger partial charge >= 0.3 is 0 Å². The molecule has 6 heterocycles. The van der Waals surface area contributed by atoms with Crippen LogP contribution < -0.4 is 41.7 Å². The lowest BCUT2D eigenvalue weighted by Crippen LogP contribution is -2.46. The van der Waals surface area contributed by atoms with Crippen molar-refractivity contribution in [3.63, 3.8) is 0 Å². The fraction of sp³-hybridized carbons (Fsp3) is 0.200. The van der Waals surface area contributed by atoms with E-state index in [1.807, 2.05) is 0 Å². The van der Waals surface area contributed by atoms with Crippen molar-refractivity contribution in [1.29, 1.82) is 0 Å². The number of nitrogens with zero attached hydrogens (tertiary/aromatic N) is 6. The van der Waals surface area contributed by atoms with E-state index in [9.17, 15) is 47.9 Å². The lowest BCUT2D eigenvalue weighted by molar-refractivity contribution is -0.120.